The number of amides is 2. The summed E-state index contributed by atoms with van der Waals surface area (Å²) in [5.41, 5.74) is 0.250. The maximum atomic E-state index is 11.9. The normalized spacial score (nSPS) is 11.8. The molecule has 0 aliphatic heterocycles. The van der Waals surface area contributed by atoms with Gasteiger partial charge in [-0.3, -0.25) is 0 Å². The first kappa shape index (κ1) is 18.3. The lowest BCUT2D eigenvalue weighted by molar-refractivity contribution is 0.0698. The smallest absolute Gasteiger partial charge is 0.337 e. The van der Waals surface area contributed by atoms with E-state index in [2.05, 4.69) is 49.4 Å². The number of carbonyl (C=O) groups is 2. The Kier molecular flexibility index (Phi) is 7.55. The van der Waals surface area contributed by atoms with Crippen LogP contribution in [0.5, 0.6) is 0 Å². The van der Waals surface area contributed by atoms with Gasteiger partial charge in [-0.2, -0.15) is 11.8 Å². The van der Waals surface area contributed by atoms with Crippen LogP contribution >= 0.6 is 43.6 Å². The molecule has 2 amide bonds. The molecule has 0 radical (unpaired) electrons. The summed E-state index contributed by atoms with van der Waals surface area (Å²) in [7, 11) is 0. The molecule has 21 heavy (non-hydrogen) atoms. The highest BCUT2D eigenvalue weighted by Crippen LogP contribution is 2.30. The molecule has 1 unspecified atom stereocenters. The highest BCUT2D eigenvalue weighted by atomic mass is 79.9. The zero-order chi connectivity index (χ0) is 16.0. The molecule has 0 aromatic heterocycles. The molecule has 3 N–H and O–H groups in total. The van der Waals surface area contributed by atoms with Gasteiger partial charge in [-0.25, -0.2) is 9.59 Å². The molecular formula is C13H16Br2N2O3S. The Morgan fingerprint density at radius 2 is 2.05 bits per heavy atom. The summed E-state index contributed by atoms with van der Waals surface area (Å²) in [6, 6.07) is 2.69. The molecular weight excluding hydrogens is 424 g/mol. The zero-order valence-corrected chi connectivity index (χ0v) is 15.6. The maximum absolute atomic E-state index is 11.9. The number of halogens is 2. The van der Waals surface area contributed by atoms with Crippen LogP contribution in [0.25, 0.3) is 0 Å². The molecule has 1 rings (SSSR count). The van der Waals surface area contributed by atoms with Crippen LogP contribution in [0, 0.1) is 0 Å². The van der Waals surface area contributed by atoms with Gasteiger partial charge in [0.25, 0.3) is 0 Å². The summed E-state index contributed by atoms with van der Waals surface area (Å²) in [5, 5.41) is 14.6. The van der Waals surface area contributed by atoms with Gasteiger partial charge in [0.15, 0.2) is 0 Å². The van der Waals surface area contributed by atoms with Crippen LogP contribution in [0.4, 0.5) is 10.5 Å². The van der Waals surface area contributed by atoms with Gasteiger partial charge in [-0.1, -0.05) is 22.9 Å². The topological polar surface area (TPSA) is 78.4 Å². The van der Waals surface area contributed by atoms with E-state index >= 15 is 0 Å². The molecule has 1 atom stereocenters. The van der Waals surface area contributed by atoms with Crippen molar-refractivity contribution in [2.24, 2.45) is 0 Å². The molecule has 0 bridgehead atoms. The number of thioether (sulfide) groups is 1. The first-order chi connectivity index (χ1) is 9.85. The minimum Gasteiger partial charge on any atom is -0.478 e. The molecule has 8 heteroatoms. The first-order valence-electron chi connectivity index (χ1n) is 6.22. The summed E-state index contributed by atoms with van der Waals surface area (Å²) in [5.74, 6) is 0.675. The van der Waals surface area contributed by atoms with Crippen molar-refractivity contribution in [3.63, 3.8) is 0 Å². The molecule has 0 aliphatic carbocycles. The molecule has 5 nitrogen and oxygen atoms in total. The minimum atomic E-state index is -1.11. The lowest BCUT2D eigenvalue weighted by atomic mass is 10.2. The van der Waals surface area contributed by atoms with Crippen molar-refractivity contribution in [1.29, 1.82) is 0 Å². The number of hydrogen-bond acceptors (Lipinski definition) is 3. The number of nitrogens with one attached hydrogen (secondary N) is 2. The number of carboxylic acids is 1. The van der Waals surface area contributed by atoms with Gasteiger partial charge in [-0.15, -0.1) is 0 Å². The van der Waals surface area contributed by atoms with Crippen LogP contribution < -0.4 is 10.6 Å². The van der Waals surface area contributed by atoms with E-state index in [9.17, 15) is 14.7 Å². The van der Waals surface area contributed by atoms with E-state index in [4.69, 9.17) is 0 Å². The van der Waals surface area contributed by atoms with E-state index in [1.807, 2.05) is 6.92 Å². The standard InChI is InChI=1S/C13H16Br2N2O3S/c1-3-21-6-7(2)16-13(20)17-11-9(12(18)19)4-8(14)5-10(11)15/h4-5,7H,3,6H2,1-2H3,(H,18,19)(H2,16,17,20). The average molecular weight is 440 g/mol. The SMILES string of the molecule is CCSCC(C)NC(=O)Nc1c(Br)cc(Br)cc1C(=O)O. The first-order valence-corrected chi connectivity index (χ1v) is 8.96. The van der Waals surface area contributed by atoms with Crippen molar-refractivity contribution in [2.75, 3.05) is 16.8 Å². The number of urea groups is 1. The summed E-state index contributed by atoms with van der Waals surface area (Å²) >= 11 is 8.21. The summed E-state index contributed by atoms with van der Waals surface area (Å²) in [6.07, 6.45) is 0. The minimum absolute atomic E-state index is 0.00236. The Labute approximate surface area is 144 Å². The van der Waals surface area contributed by atoms with Crippen molar-refractivity contribution in [3.05, 3.63) is 26.6 Å². The number of carboxylic acid groups (broad SMARTS) is 1. The highest BCUT2D eigenvalue weighted by molar-refractivity contribution is 9.11. The van der Waals surface area contributed by atoms with E-state index < -0.39 is 12.0 Å². The van der Waals surface area contributed by atoms with Gasteiger partial charge >= 0.3 is 12.0 Å². The predicted octanol–water partition coefficient (Wildman–Crippen LogP) is 4.17. The third-order valence-electron chi connectivity index (χ3n) is 2.47. The lowest BCUT2D eigenvalue weighted by Crippen LogP contribution is -2.38. The Balaban J connectivity index is 2.83. The lowest BCUT2D eigenvalue weighted by Gasteiger charge is -2.16. The van der Waals surface area contributed by atoms with E-state index in [0.29, 0.717) is 8.95 Å². The predicted molar refractivity (Wildman–Crippen MR) is 93.4 cm³/mol. The number of benzene rings is 1. The van der Waals surface area contributed by atoms with Crippen molar-refractivity contribution < 1.29 is 14.7 Å². The molecule has 1 aromatic carbocycles. The van der Waals surface area contributed by atoms with Gasteiger partial charge in [0, 0.05) is 20.7 Å². The van der Waals surface area contributed by atoms with Crippen LogP contribution in [0.1, 0.15) is 24.2 Å². The zero-order valence-electron chi connectivity index (χ0n) is 11.6. The van der Waals surface area contributed by atoms with Gasteiger partial charge < -0.3 is 15.7 Å². The fourth-order valence-electron chi connectivity index (χ4n) is 1.58. The Morgan fingerprint density at radius 1 is 1.38 bits per heavy atom. The summed E-state index contributed by atoms with van der Waals surface area (Å²) in [6.45, 7) is 3.95. The van der Waals surface area contributed by atoms with Crippen LogP contribution in [0.3, 0.4) is 0 Å². The van der Waals surface area contributed by atoms with Gasteiger partial charge in [0.1, 0.15) is 0 Å². The Bertz CT molecular complexity index is 540. The molecule has 0 saturated heterocycles. The largest absolute Gasteiger partial charge is 0.478 e. The van der Waals surface area contributed by atoms with Crippen molar-refractivity contribution in [2.45, 2.75) is 19.9 Å². The molecule has 0 aliphatic rings. The summed E-state index contributed by atoms with van der Waals surface area (Å²) in [4.78, 5) is 23.2. The second kappa shape index (κ2) is 8.65. The number of anilines is 1. The van der Waals surface area contributed by atoms with Gasteiger partial charge in [0.2, 0.25) is 0 Å². The monoisotopic (exact) mass is 438 g/mol. The fourth-order valence-corrected chi connectivity index (χ4v) is 3.58. The van der Waals surface area contributed by atoms with Crippen LogP contribution in [0.15, 0.2) is 21.1 Å². The quantitative estimate of drug-likeness (QED) is 0.621. The Morgan fingerprint density at radius 3 is 2.62 bits per heavy atom. The van der Waals surface area contributed by atoms with Crippen LogP contribution in [0.2, 0.25) is 0 Å². The van der Waals surface area contributed by atoms with E-state index in [0.717, 1.165) is 11.5 Å². The molecule has 116 valence electrons. The molecule has 1 aromatic rings. The molecule has 0 saturated carbocycles. The van der Waals surface area contributed by atoms with Gasteiger partial charge in [-0.05, 0) is 40.7 Å². The van der Waals surface area contributed by atoms with Crippen molar-refractivity contribution in [3.8, 4) is 0 Å². The van der Waals surface area contributed by atoms with Gasteiger partial charge in [0.05, 0.1) is 11.3 Å². The van der Waals surface area contributed by atoms with Crippen molar-refractivity contribution >= 4 is 61.3 Å². The Hall–Kier alpha value is -0.730. The fraction of sp³-hybridized carbons (Fsp3) is 0.385. The molecule has 0 fully saturated rings. The highest BCUT2D eigenvalue weighted by Gasteiger charge is 2.17. The van der Waals surface area contributed by atoms with E-state index in [1.165, 1.54) is 6.07 Å². The average Bonchev–Trinajstić information content (AvgIpc) is 2.38. The number of carbonyl (C=O) groups excluding carboxylic acids is 1. The second-order valence-electron chi connectivity index (χ2n) is 4.27. The number of aromatic carboxylic acids is 1. The second-order valence-corrected chi connectivity index (χ2v) is 7.36. The molecule has 0 spiro atoms. The number of hydrogen-bond donors (Lipinski definition) is 3. The maximum Gasteiger partial charge on any atom is 0.337 e. The number of rotatable bonds is 6. The van der Waals surface area contributed by atoms with Crippen LogP contribution in [-0.2, 0) is 0 Å². The molecule has 0 heterocycles. The third kappa shape index (κ3) is 5.88. The van der Waals surface area contributed by atoms with Crippen LogP contribution in [-0.4, -0.2) is 34.7 Å². The summed E-state index contributed by atoms with van der Waals surface area (Å²) < 4.78 is 1.12. The van der Waals surface area contributed by atoms with E-state index in [-0.39, 0.29) is 17.3 Å². The van der Waals surface area contributed by atoms with Crippen molar-refractivity contribution in [1.82, 2.24) is 5.32 Å². The third-order valence-corrected chi connectivity index (χ3v) is 4.70. The van der Waals surface area contributed by atoms with E-state index in [1.54, 1.807) is 17.8 Å².